The number of hydrogen-bond acceptors (Lipinski definition) is 3. The lowest BCUT2D eigenvalue weighted by molar-refractivity contribution is 0.487. The van der Waals surface area contributed by atoms with E-state index in [0.29, 0.717) is 18.3 Å². The molecule has 1 heterocycles. The summed E-state index contributed by atoms with van der Waals surface area (Å²) in [4.78, 5) is 0. The number of sulfonamides is 1. The van der Waals surface area contributed by atoms with Crippen molar-refractivity contribution in [3.05, 3.63) is 12.0 Å². The monoisotopic (exact) mass is 207 g/mol. The lowest BCUT2D eigenvalue weighted by Crippen LogP contribution is -2.27. The standard InChI is InChI=1S/C7H13NO2S2/c1-3-12(9,10)8-5-4-7(6-8)11-2/h3,7H,1,4-6H2,2H3. The zero-order valence-corrected chi connectivity index (χ0v) is 8.70. The number of thioether (sulfide) groups is 1. The highest BCUT2D eigenvalue weighted by Gasteiger charge is 2.28. The van der Waals surface area contributed by atoms with Crippen molar-refractivity contribution in [2.24, 2.45) is 0 Å². The number of hydrogen-bond donors (Lipinski definition) is 0. The first kappa shape index (κ1) is 10.1. The Labute approximate surface area is 77.9 Å². The molecule has 0 bridgehead atoms. The molecule has 1 unspecified atom stereocenters. The smallest absolute Gasteiger partial charge is 0.208 e. The molecule has 1 fully saturated rings. The summed E-state index contributed by atoms with van der Waals surface area (Å²) in [6.07, 6.45) is 2.96. The molecule has 0 saturated carbocycles. The summed E-state index contributed by atoms with van der Waals surface area (Å²) in [5, 5.41) is 1.48. The van der Waals surface area contributed by atoms with Gasteiger partial charge in [0.25, 0.3) is 0 Å². The van der Waals surface area contributed by atoms with Crippen molar-refractivity contribution in [2.75, 3.05) is 19.3 Å². The van der Waals surface area contributed by atoms with Crippen LogP contribution >= 0.6 is 11.8 Å². The van der Waals surface area contributed by atoms with Gasteiger partial charge in [0.1, 0.15) is 0 Å². The zero-order chi connectivity index (χ0) is 9.19. The molecular weight excluding hydrogens is 194 g/mol. The molecule has 1 saturated heterocycles. The SMILES string of the molecule is C=CS(=O)(=O)N1CCC(SC)C1. The molecule has 0 N–H and O–H groups in total. The number of nitrogens with zero attached hydrogens (tertiary/aromatic N) is 1. The topological polar surface area (TPSA) is 37.4 Å². The molecule has 0 aromatic carbocycles. The second-order valence-electron chi connectivity index (χ2n) is 2.72. The zero-order valence-electron chi connectivity index (χ0n) is 7.06. The van der Waals surface area contributed by atoms with Gasteiger partial charge >= 0.3 is 0 Å². The molecule has 1 aliphatic heterocycles. The summed E-state index contributed by atoms with van der Waals surface area (Å²) in [5.41, 5.74) is 0. The van der Waals surface area contributed by atoms with Crippen molar-refractivity contribution in [1.29, 1.82) is 0 Å². The van der Waals surface area contributed by atoms with Crippen LogP contribution in [0.3, 0.4) is 0 Å². The van der Waals surface area contributed by atoms with Gasteiger partial charge < -0.3 is 0 Å². The first-order chi connectivity index (χ1) is 5.60. The minimum Gasteiger partial charge on any atom is -0.208 e. The van der Waals surface area contributed by atoms with Gasteiger partial charge in [0.15, 0.2) is 0 Å². The summed E-state index contributed by atoms with van der Waals surface area (Å²) >= 11 is 1.72. The quantitative estimate of drug-likeness (QED) is 0.690. The van der Waals surface area contributed by atoms with E-state index in [4.69, 9.17) is 0 Å². The second kappa shape index (κ2) is 3.81. The fraction of sp³-hybridized carbons (Fsp3) is 0.714. The Morgan fingerprint density at radius 3 is 2.75 bits per heavy atom. The second-order valence-corrected chi connectivity index (χ2v) is 5.73. The minimum atomic E-state index is -3.16. The van der Waals surface area contributed by atoms with E-state index in [1.165, 1.54) is 4.31 Å². The molecule has 1 rings (SSSR count). The van der Waals surface area contributed by atoms with Crippen LogP contribution in [0.2, 0.25) is 0 Å². The molecule has 3 nitrogen and oxygen atoms in total. The van der Waals surface area contributed by atoms with E-state index < -0.39 is 10.0 Å². The Kier molecular flexibility index (Phi) is 3.20. The molecule has 0 radical (unpaired) electrons. The molecule has 0 aromatic heterocycles. The van der Waals surface area contributed by atoms with E-state index in [1.807, 2.05) is 6.26 Å². The van der Waals surface area contributed by atoms with E-state index in [0.717, 1.165) is 11.8 Å². The summed E-state index contributed by atoms with van der Waals surface area (Å²) in [6, 6.07) is 0. The minimum absolute atomic E-state index is 0.458. The van der Waals surface area contributed by atoms with Crippen LogP contribution in [-0.2, 0) is 10.0 Å². The van der Waals surface area contributed by atoms with E-state index in [9.17, 15) is 8.42 Å². The van der Waals surface area contributed by atoms with Crippen molar-refractivity contribution >= 4 is 21.8 Å². The van der Waals surface area contributed by atoms with Crippen LogP contribution in [0.15, 0.2) is 12.0 Å². The Balaban J connectivity index is 2.64. The Morgan fingerprint density at radius 2 is 2.33 bits per heavy atom. The molecule has 1 atom stereocenters. The Morgan fingerprint density at radius 1 is 1.67 bits per heavy atom. The van der Waals surface area contributed by atoms with Crippen LogP contribution in [0.4, 0.5) is 0 Å². The summed E-state index contributed by atoms with van der Waals surface area (Å²) in [6.45, 7) is 4.56. The maximum Gasteiger partial charge on any atom is 0.235 e. The molecule has 1 aliphatic rings. The van der Waals surface area contributed by atoms with Gasteiger partial charge in [-0.05, 0) is 12.7 Å². The average Bonchev–Trinajstić information content (AvgIpc) is 2.52. The van der Waals surface area contributed by atoms with Gasteiger partial charge in [-0.3, -0.25) is 0 Å². The molecule has 0 aromatic rings. The highest BCUT2D eigenvalue weighted by molar-refractivity contribution is 7.99. The fourth-order valence-electron chi connectivity index (χ4n) is 1.23. The van der Waals surface area contributed by atoms with E-state index in [2.05, 4.69) is 6.58 Å². The van der Waals surface area contributed by atoms with Gasteiger partial charge in [-0.2, -0.15) is 16.1 Å². The van der Waals surface area contributed by atoms with Gasteiger partial charge in [-0.1, -0.05) is 6.58 Å². The van der Waals surface area contributed by atoms with Crippen LogP contribution < -0.4 is 0 Å². The maximum absolute atomic E-state index is 11.3. The summed E-state index contributed by atoms with van der Waals surface area (Å²) < 4.78 is 24.0. The van der Waals surface area contributed by atoms with Crippen molar-refractivity contribution in [1.82, 2.24) is 4.31 Å². The van der Waals surface area contributed by atoms with Crippen molar-refractivity contribution in [3.63, 3.8) is 0 Å². The van der Waals surface area contributed by atoms with Gasteiger partial charge in [0, 0.05) is 23.7 Å². The van der Waals surface area contributed by atoms with Crippen LogP contribution in [0.25, 0.3) is 0 Å². The van der Waals surface area contributed by atoms with Crippen molar-refractivity contribution in [2.45, 2.75) is 11.7 Å². The lowest BCUT2D eigenvalue weighted by Gasteiger charge is -2.12. The van der Waals surface area contributed by atoms with E-state index >= 15 is 0 Å². The van der Waals surface area contributed by atoms with Crippen LogP contribution in [0.1, 0.15) is 6.42 Å². The van der Waals surface area contributed by atoms with Crippen molar-refractivity contribution in [3.8, 4) is 0 Å². The number of rotatable bonds is 3. The molecular formula is C7H13NO2S2. The van der Waals surface area contributed by atoms with E-state index in [-0.39, 0.29) is 0 Å². The van der Waals surface area contributed by atoms with Crippen molar-refractivity contribution < 1.29 is 8.42 Å². The third-order valence-electron chi connectivity index (χ3n) is 2.01. The normalized spacial score (nSPS) is 25.9. The van der Waals surface area contributed by atoms with Gasteiger partial charge in [-0.25, -0.2) is 8.42 Å². The van der Waals surface area contributed by atoms with Gasteiger partial charge in [0.2, 0.25) is 10.0 Å². The summed E-state index contributed by atoms with van der Waals surface area (Å²) in [7, 11) is -3.16. The Hall–Kier alpha value is -0.0000000000000000555. The molecule has 0 amide bonds. The lowest BCUT2D eigenvalue weighted by atomic mass is 10.4. The predicted octanol–water partition coefficient (Wildman–Crippen LogP) is 0.897. The van der Waals surface area contributed by atoms with Gasteiger partial charge in [-0.15, -0.1) is 0 Å². The average molecular weight is 207 g/mol. The third kappa shape index (κ3) is 2.02. The molecule has 0 spiro atoms. The molecule has 12 heavy (non-hydrogen) atoms. The molecule has 70 valence electrons. The van der Waals surface area contributed by atoms with Crippen LogP contribution in [-0.4, -0.2) is 37.3 Å². The third-order valence-corrected chi connectivity index (χ3v) is 4.54. The largest absolute Gasteiger partial charge is 0.235 e. The molecule has 0 aliphatic carbocycles. The van der Waals surface area contributed by atoms with Crippen LogP contribution in [0, 0.1) is 0 Å². The van der Waals surface area contributed by atoms with Gasteiger partial charge in [0.05, 0.1) is 0 Å². The van der Waals surface area contributed by atoms with Crippen LogP contribution in [0.5, 0.6) is 0 Å². The first-order valence-corrected chi connectivity index (χ1v) is 6.54. The Bertz CT molecular complexity index is 261. The predicted molar refractivity (Wildman–Crippen MR) is 52.6 cm³/mol. The van der Waals surface area contributed by atoms with E-state index in [1.54, 1.807) is 11.8 Å². The fourth-order valence-corrected chi connectivity index (χ4v) is 2.95. The molecule has 5 heteroatoms. The highest BCUT2D eigenvalue weighted by Crippen LogP contribution is 2.22. The first-order valence-electron chi connectivity index (χ1n) is 3.75. The maximum atomic E-state index is 11.3. The highest BCUT2D eigenvalue weighted by atomic mass is 32.2. The summed E-state index contributed by atoms with van der Waals surface area (Å²) in [5.74, 6) is 0.